The average molecular weight is 396 g/mol. The molecule has 0 radical (unpaired) electrons. The predicted molar refractivity (Wildman–Crippen MR) is 93.5 cm³/mol. The van der Waals surface area contributed by atoms with E-state index in [1.54, 1.807) is 18.2 Å². The van der Waals surface area contributed by atoms with E-state index in [2.05, 4.69) is 26.6 Å². The Morgan fingerprint density at radius 3 is 2.54 bits per heavy atom. The second-order valence-corrected chi connectivity index (χ2v) is 5.92. The number of rotatable bonds is 7. The monoisotopic (exact) mass is 395 g/mol. The van der Waals surface area contributed by atoms with E-state index in [1.165, 1.54) is 24.3 Å². The number of amides is 1. The number of carbonyl (C=O) groups is 1. The van der Waals surface area contributed by atoms with Gasteiger partial charge in [-0.05, 0) is 36.8 Å². The number of nitro groups is 1. The van der Waals surface area contributed by atoms with Gasteiger partial charge in [-0.25, -0.2) is 4.39 Å². The third kappa shape index (κ3) is 5.31. The van der Waals surface area contributed by atoms with Crippen LogP contribution in [0, 0.1) is 15.9 Å². The molecule has 0 aliphatic carbocycles. The molecule has 0 aliphatic heterocycles. The smallest absolute Gasteiger partial charge is 0.269 e. The topological polar surface area (TPSA) is 84.3 Å². The fourth-order valence-electron chi connectivity index (χ4n) is 1.99. The van der Waals surface area contributed by atoms with E-state index in [1.807, 2.05) is 0 Å². The van der Waals surface area contributed by atoms with Crippen molar-refractivity contribution in [2.75, 3.05) is 17.2 Å². The van der Waals surface area contributed by atoms with Crippen molar-refractivity contribution in [3.8, 4) is 0 Å². The van der Waals surface area contributed by atoms with Crippen LogP contribution in [-0.2, 0) is 4.79 Å². The van der Waals surface area contributed by atoms with E-state index in [9.17, 15) is 19.3 Å². The molecule has 2 N–H and O–H groups in total. The van der Waals surface area contributed by atoms with Crippen LogP contribution in [0.15, 0.2) is 46.9 Å². The molecule has 0 spiro atoms. The molecule has 0 saturated carbocycles. The molecule has 0 aliphatic rings. The van der Waals surface area contributed by atoms with Gasteiger partial charge in [0.15, 0.2) is 0 Å². The van der Waals surface area contributed by atoms with Crippen LogP contribution in [0.4, 0.5) is 21.5 Å². The van der Waals surface area contributed by atoms with Crippen LogP contribution in [0.1, 0.15) is 12.8 Å². The number of nitro benzene ring substituents is 1. The second-order valence-electron chi connectivity index (χ2n) is 5.01. The Morgan fingerprint density at radius 1 is 1.21 bits per heavy atom. The zero-order valence-electron chi connectivity index (χ0n) is 12.6. The maximum Gasteiger partial charge on any atom is 0.269 e. The van der Waals surface area contributed by atoms with E-state index in [-0.39, 0.29) is 23.7 Å². The summed E-state index contributed by atoms with van der Waals surface area (Å²) in [6.07, 6.45) is 0.774. The Bertz CT molecular complexity index is 738. The molecule has 0 atom stereocenters. The zero-order chi connectivity index (χ0) is 17.5. The molecule has 0 heterocycles. The van der Waals surface area contributed by atoms with Crippen LogP contribution >= 0.6 is 15.9 Å². The van der Waals surface area contributed by atoms with Gasteiger partial charge in [-0.15, -0.1) is 0 Å². The summed E-state index contributed by atoms with van der Waals surface area (Å²) in [5, 5.41) is 16.1. The molecule has 2 aromatic carbocycles. The van der Waals surface area contributed by atoms with Gasteiger partial charge in [-0.3, -0.25) is 14.9 Å². The van der Waals surface area contributed by atoms with Gasteiger partial charge in [0, 0.05) is 35.3 Å². The molecule has 0 unspecified atom stereocenters. The van der Waals surface area contributed by atoms with Gasteiger partial charge in [0.05, 0.1) is 10.6 Å². The highest BCUT2D eigenvalue weighted by Gasteiger charge is 2.07. The Hall–Kier alpha value is -2.48. The molecule has 0 bridgehead atoms. The lowest BCUT2D eigenvalue weighted by Gasteiger charge is -2.08. The first kappa shape index (κ1) is 17.9. The number of non-ortho nitro benzene ring substituents is 1. The van der Waals surface area contributed by atoms with E-state index in [0.717, 1.165) is 5.69 Å². The summed E-state index contributed by atoms with van der Waals surface area (Å²) < 4.78 is 14.2. The van der Waals surface area contributed by atoms with E-state index in [0.29, 0.717) is 17.4 Å². The molecule has 8 heteroatoms. The molecular weight excluding hydrogens is 381 g/mol. The zero-order valence-corrected chi connectivity index (χ0v) is 14.2. The van der Waals surface area contributed by atoms with Crippen molar-refractivity contribution in [3.63, 3.8) is 0 Å². The summed E-state index contributed by atoms with van der Waals surface area (Å²) >= 11 is 3.15. The van der Waals surface area contributed by atoms with Gasteiger partial charge in [-0.1, -0.05) is 15.9 Å². The molecule has 0 saturated heterocycles. The van der Waals surface area contributed by atoms with Crippen LogP contribution < -0.4 is 10.6 Å². The fraction of sp³-hybridized carbons (Fsp3) is 0.188. The average Bonchev–Trinajstić information content (AvgIpc) is 2.55. The van der Waals surface area contributed by atoms with E-state index >= 15 is 0 Å². The predicted octanol–water partition coefficient (Wildman–Crippen LogP) is 4.33. The highest BCUT2D eigenvalue weighted by Crippen LogP contribution is 2.19. The molecule has 0 aromatic heterocycles. The number of anilines is 2. The van der Waals surface area contributed by atoms with E-state index < -0.39 is 10.7 Å². The minimum Gasteiger partial charge on any atom is -0.385 e. The van der Waals surface area contributed by atoms with Crippen LogP contribution in [0.25, 0.3) is 0 Å². The van der Waals surface area contributed by atoms with E-state index in [4.69, 9.17) is 0 Å². The van der Waals surface area contributed by atoms with Gasteiger partial charge in [0.1, 0.15) is 5.82 Å². The number of benzene rings is 2. The summed E-state index contributed by atoms with van der Waals surface area (Å²) in [6.45, 7) is 0.522. The van der Waals surface area contributed by atoms with Gasteiger partial charge >= 0.3 is 0 Å². The Labute approximate surface area is 146 Å². The van der Waals surface area contributed by atoms with Crippen LogP contribution in [-0.4, -0.2) is 17.4 Å². The lowest BCUT2D eigenvalue weighted by Crippen LogP contribution is -2.14. The fourth-order valence-corrected chi connectivity index (χ4v) is 2.32. The standard InChI is InChI=1S/C16H15BrFN3O3/c17-11-3-8-15(14(18)10-11)20-16(22)2-1-9-19-12-4-6-13(7-5-12)21(23)24/h3-8,10,19H,1-2,9H2,(H,20,22). The summed E-state index contributed by atoms with van der Waals surface area (Å²) in [5.74, 6) is -0.775. The molecule has 24 heavy (non-hydrogen) atoms. The maximum atomic E-state index is 13.6. The first-order valence-corrected chi connectivity index (χ1v) is 7.98. The van der Waals surface area contributed by atoms with Gasteiger partial charge < -0.3 is 10.6 Å². The lowest BCUT2D eigenvalue weighted by atomic mass is 10.2. The van der Waals surface area contributed by atoms with Crippen molar-refractivity contribution in [2.24, 2.45) is 0 Å². The minimum atomic E-state index is -0.498. The van der Waals surface area contributed by atoms with Gasteiger partial charge in [0.25, 0.3) is 5.69 Å². The van der Waals surface area contributed by atoms with Gasteiger partial charge in [0.2, 0.25) is 5.91 Å². The highest BCUT2D eigenvalue weighted by molar-refractivity contribution is 9.10. The number of halogens is 2. The molecule has 2 rings (SSSR count). The van der Waals surface area contributed by atoms with Crippen LogP contribution in [0.2, 0.25) is 0 Å². The molecular formula is C16H15BrFN3O3. The molecule has 0 fully saturated rings. The summed E-state index contributed by atoms with van der Waals surface area (Å²) in [4.78, 5) is 21.9. The van der Waals surface area contributed by atoms with Crippen molar-refractivity contribution in [3.05, 3.63) is 62.9 Å². The normalized spacial score (nSPS) is 10.2. The number of hydrogen-bond acceptors (Lipinski definition) is 4. The van der Waals surface area contributed by atoms with Gasteiger partial charge in [-0.2, -0.15) is 0 Å². The largest absolute Gasteiger partial charge is 0.385 e. The van der Waals surface area contributed by atoms with Crippen molar-refractivity contribution in [2.45, 2.75) is 12.8 Å². The lowest BCUT2D eigenvalue weighted by molar-refractivity contribution is -0.384. The first-order valence-electron chi connectivity index (χ1n) is 7.19. The first-order chi connectivity index (χ1) is 11.5. The number of nitrogens with one attached hydrogen (secondary N) is 2. The third-order valence-corrected chi connectivity index (χ3v) is 3.69. The molecule has 2 aromatic rings. The summed E-state index contributed by atoms with van der Waals surface area (Å²) in [5.41, 5.74) is 0.906. The minimum absolute atomic E-state index is 0.0245. The summed E-state index contributed by atoms with van der Waals surface area (Å²) in [7, 11) is 0. The maximum absolute atomic E-state index is 13.6. The molecule has 6 nitrogen and oxygen atoms in total. The highest BCUT2D eigenvalue weighted by atomic mass is 79.9. The van der Waals surface area contributed by atoms with Crippen LogP contribution in [0.5, 0.6) is 0 Å². The molecule has 126 valence electrons. The summed E-state index contributed by atoms with van der Waals surface area (Å²) in [6, 6.07) is 10.5. The van der Waals surface area contributed by atoms with Crippen molar-refractivity contribution < 1.29 is 14.1 Å². The van der Waals surface area contributed by atoms with Crippen molar-refractivity contribution in [1.29, 1.82) is 0 Å². The number of carbonyl (C=O) groups excluding carboxylic acids is 1. The number of nitrogens with zero attached hydrogens (tertiary/aromatic N) is 1. The van der Waals surface area contributed by atoms with Crippen molar-refractivity contribution in [1.82, 2.24) is 0 Å². The Kier molecular flexibility index (Phi) is 6.25. The Balaban J connectivity index is 1.73. The van der Waals surface area contributed by atoms with Crippen molar-refractivity contribution >= 4 is 38.9 Å². The number of hydrogen-bond donors (Lipinski definition) is 2. The Morgan fingerprint density at radius 2 is 1.92 bits per heavy atom. The third-order valence-electron chi connectivity index (χ3n) is 3.19. The quantitative estimate of drug-likeness (QED) is 0.415. The second kappa shape index (κ2) is 8.39. The molecule has 1 amide bonds. The SMILES string of the molecule is O=C(CCCNc1ccc([N+](=O)[O-])cc1)Nc1ccc(Br)cc1F. The van der Waals surface area contributed by atoms with Crippen LogP contribution in [0.3, 0.4) is 0 Å².